The number of ether oxygens (including phenoxy) is 2. The van der Waals surface area contributed by atoms with Crippen LogP contribution in [0.25, 0.3) is 0 Å². The maximum Gasteiger partial charge on any atom is 0.324 e. The second-order valence-corrected chi connectivity index (χ2v) is 7.36. The van der Waals surface area contributed by atoms with Crippen molar-refractivity contribution in [3.8, 4) is 11.8 Å². The van der Waals surface area contributed by atoms with Crippen LogP contribution in [0.15, 0.2) is 6.07 Å². The van der Waals surface area contributed by atoms with Crippen molar-refractivity contribution in [3.05, 3.63) is 28.6 Å². The maximum absolute atomic E-state index is 14.6. The third-order valence-corrected chi connectivity index (χ3v) is 3.97. The smallest absolute Gasteiger partial charge is 0.324 e. The second kappa shape index (κ2) is 7.31. The van der Waals surface area contributed by atoms with Crippen LogP contribution >= 0.6 is 15.9 Å². The third kappa shape index (κ3) is 4.44. The Bertz CT molecular complexity index is 645. The van der Waals surface area contributed by atoms with Crippen molar-refractivity contribution in [2.75, 3.05) is 7.11 Å². The van der Waals surface area contributed by atoms with Crippen LogP contribution in [0, 0.1) is 17.1 Å². The lowest BCUT2D eigenvalue weighted by Crippen LogP contribution is -2.26. The van der Waals surface area contributed by atoms with Crippen LogP contribution in [0.3, 0.4) is 0 Å². The van der Waals surface area contributed by atoms with Gasteiger partial charge in [-0.2, -0.15) is 5.26 Å². The molecule has 4 nitrogen and oxygen atoms in total. The van der Waals surface area contributed by atoms with Crippen LogP contribution in [0.4, 0.5) is 4.39 Å². The molecule has 1 atom stereocenters. The number of alkyl halides is 1. The number of carbonyl (C=O) groups excluding carboxylic acids is 1. The third-order valence-electron chi connectivity index (χ3n) is 3.11. The second-order valence-electron chi connectivity index (χ2n) is 6.44. The highest BCUT2D eigenvalue weighted by atomic mass is 79.9. The van der Waals surface area contributed by atoms with E-state index in [0.717, 1.165) is 0 Å². The first-order valence-corrected chi connectivity index (χ1v) is 8.12. The van der Waals surface area contributed by atoms with E-state index < -0.39 is 22.2 Å². The molecule has 0 fully saturated rings. The zero-order chi connectivity index (χ0) is 17.9. The van der Waals surface area contributed by atoms with Gasteiger partial charge in [-0.05, 0) is 38.3 Å². The zero-order valence-electron chi connectivity index (χ0n) is 14.2. The van der Waals surface area contributed by atoms with E-state index in [1.54, 1.807) is 26.8 Å². The molecule has 0 aromatic heterocycles. The molecule has 126 valence electrons. The fourth-order valence-corrected chi connectivity index (χ4v) is 2.55. The normalized spacial score (nSPS) is 12.7. The van der Waals surface area contributed by atoms with Gasteiger partial charge in [0.1, 0.15) is 16.5 Å². The largest absolute Gasteiger partial charge is 0.493 e. The van der Waals surface area contributed by atoms with Crippen LogP contribution < -0.4 is 4.74 Å². The summed E-state index contributed by atoms with van der Waals surface area (Å²) in [7, 11) is 1.30. The van der Waals surface area contributed by atoms with Gasteiger partial charge in [0.15, 0.2) is 11.6 Å². The summed E-state index contributed by atoms with van der Waals surface area (Å²) in [6.45, 7) is 8.95. The molecule has 0 radical (unpaired) electrons. The van der Waals surface area contributed by atoms with Crippen LogP contribution in [0.2, 0.25) is 0 Å². The van der Waals surface area contributed by atoms with E-state index in [0.29, 0.717) is 11.1 Å². The van der Waals surface area contributed by atoms with Crippen molar-refractivity contribution < 1.29 is 18.7 Å². The summed E-state index contributed by atoms with van der Waals surface area (Å²) >= 11 is 3.26. The van der Waals surface area contributed by atoms with Crippen LogP contribution in [-0.4, -0.2) is 18.7 Å². The average molecular weight is 386 g/mol. The predicted molar refractivity (Wildman–Crippen MR) is 89.3 cm³/mol. The SMILES string of the molecule is COc1c(C(Br)C(=O)OC(C)(C)C)cc(C(C)C)c(C#N)c1F. The number of methoxy groups -OCH3 is 1. The van der Waals surface area contributed by atoms with E-state index in [2.05, 4.69) is 15.9 Å². The highest BCUT2D eigenvalue weighted by Gasteiger charge is 2.30. The topological polar surface area (TPSA) is 59.3 Å². The number of hydrogen-bond acceptors (Lipinski definition) is 4. The molecular weight excluding hydrogens is 365 g/mol. The number of benzene rings is 1. The monoisotopic (exact) mass is 385 g/mol. The summed E-state index contributed by atoms with van der Waals surface area (Å²) in [5.74, 6) is -1.51. The molecule has 0 aliphatic heterocycles. The Morgan fingerprint density at radius 2 is 1.91 bits per heavy atom. The summed E-state index contributed by atoms with van der Waals surface area (Å²) in [4.78, 5) is 11.4. The van der Waals surface area contributed by atoms with Crippen LogP contribution in [-0.2, 0) is 9.53 Å². The van der Waals surface area contributed by atoms with Crippen molar-refractivity contribution >= 4 is 21.9 Å². The quantitative estimate of drug-likeness (QED) is 0.560. The first-order chi connectivity index (χ1) is 10.5. The van der Waals surface area contributed by atoms with Crippen molar-refractivity contribution in [2.24, 2.45) is 0 Å². The highest BCUT2D eigenvalue weighted by Crippen LogP contribution is 2.39. The maximum atomic E-state index is 14.6. The molecule has 1 aromatic rings. The molecule has 0 bridgehead atoms. The Kier molecular flexibility index (Phi) is 6.18. The molecule has 0 aliphatic carbocycles. The van der Waals surface area contributed by atoms with Crippen molar-refractivity contribution in [1.82, 2.24) is 0 Å². The fourth-order valence-electron chi connectivity index (χ4n) is 2.12. The lowest BCUT2D eigenvalue weighted by Gasteiger charge is -2.23. The Morgan fingerprint density at radius 1 is 1.35 bits per heavy atom. The van der Waals surface area contributed by atoms with Gasteiger partial charge in [0.25, 0.3) is 0 Å². The molecule has 23 heavy (non-hydrogen) atoms. The molecule has 0 aliphatic rings. The molecule has 0 amide bonds. The van der Waals surface area contributed by atoms with E-state index in [4.69, 9.17) is 9.47 Å². The van der Waals surface area contributed by atoms with Crippen LogP contribution in [0.5, 0.6) is 5.75 Å². The highest BCUT2D eigenvalue weighted by molar-refractivity contribution is 9.09. The first kappa shape index (κ1) is 19.4. The number of esters is 1. The van der Waals surface area contributed by atoms with Gasteiger partial charge in [-0.15, -0.1) is 0 Å². The van der Waals surface area contributed by atoms with E-state index in [1.807, 2.05) is 19.9 Å². The minimum Gasteiger partial charge on any atom is -0.493 e. The summed E-state index contributed by atoms with van der Waals surface area (Å²) < 4.78 is 25.0. The van der Waals surface area contributed by atoms with E-state index in [-0.39, 0.29) is 17.2 Å². The first-order valence-electron chi connectivity index (χ1n) is 7.20. The molecule has 0 spiro atoms. The van der Waals surface area contributed by atoms with Crippen molar-refractivity contribution in [2.45, 2.75) is 51.0 Å². The van der Waals surface area contributed by atoms with E-state index >= 15 is 0 Å². The Hall–Kier alpha value is -1.61. The van der Waals surface area contributed by atoms with Gasteiger partial charge in [0, 0.05) is 5.56 Å². The Balaban J connectivity index is 3.46. The molecule has 0 saturated carbocycles. The summed E-state index contributed by atoms with van der Waals surface area (Å²) in [6.07, 6.45) is 0. The number of carbonyl (C=O) groups is 1. The van der Waals surface area contributed by atoms with Crippen molar-refractivity contribution in [3.63, 3.8) is 0 Å². The van der Waals surface area contributed by atoms with Gasteiger partial charge in [0.05, 0.1) is 12.7 Å². The van der Waals surface area contributed by atoms with Crippen LogP contribution in [0.1, 0.15) is 62.1 Å². The number of nitrogens with zero attached hydrogens (tertiary/aromatic N) is 1. The Labute approximate surface area is 144 Å². The lowest BCUT2D eigenvalue weighted by atomic mass is 9.93. The molecule has 1 rings (SSSR count). The molecule has 0 N–H and O–H groups in total. The Morgan fingerprint density at radius 3 is 2.30 bits per heavy atom. The zero-order valence-corrected chi connectivity index (χ0v) is 15.7. The standard InChI is InChI=1S/C17H21BrFNO3/c1-9(2)10-7-11(13(18)16(21)23-17(3,4)5)15(22-6)14(19)12(10)8-20/h7,9,13H,1-6H3. The number of nitriles is 1. The van der Waals surface area contributed by atoms with Gasteiger partial charge in [-0.25, -0.2) is 4.39 Å². The minimum absolute atomic E-state index is 0.0653. The predicted octanol–water partition coefficient (Wildman–Crippen LogP) is 4.61. The molecular formula is C17H21BrFNO3. The minimum atomic E-state index is -0.892. The molecule has 6 heteroatoms. The van der Waals surface area contributed by atoms with Gasteiger partial charge in [-0.1, -0.05) is 29.8 Å². The fraction of sp³-hybridized carbons (Fsp3) is 0.529. The van der Waals surface area contributed by atoms with Gasteiger partial charge >= 0.3 is 5.97 Å². The summed E-state index contributed by atoms with van der Waals surface area (Å²) in [5, 5.41) is 9.21. The molecule has 0 saturated heterocycles. The summed E-state index contributed by atoms with van der Waals surface area (Å²) in [5.41, 5.74) is 0.0998. The summed E-state index contributed by atoms with van der Waals surface area (Å²) in [6, 6.07) is 3.49. The number of halogens is 2. The molecule has 1 unspecified atom stereocenters. The van der Waals surface area contributed by atoms with Gasteiger partial charge in [0.2, 0.25) is 0 Å². The van der Waals surface area contributed by atoms with Crippen molar-refractivity contribution in [1.29, 1.82) is 5.26 Å². The van der Waals surface area contributed by atoms with Gasteiger partial charge in [-0.3, -0.25) is 4.79 Å². The number of rotatable bonds is 4. The average Bonchev–Trinajstić information content (AvgIpc) is 2.43. The van der Waals surface area contributed by atoms with E-state index in [9.17, 15) is 14.4 Å². The molecule has 0 heterocycles. The van der Waals surface area contributed by atoms with Gasteiger partial charge < -0.3 is 9.47 Å². The van der Waals surface area contributed by atoms with E-state index in [1.165, 1.54) is 7.11 Å². The number of hydrogen-bond donors (Lipinski definition) is 0. The molecule has 1 aromatic carbocycles. The lowest BCUT2D eigenvalue weighted by molar-refractivity contribution is -0.154.